The minimum atomic E-state index is 0.695. The summed E-state index contributed by atoms with van der Waals surface area (Å²) in [7, 11) is 1.78. The summed E-state index contributed by atoms with van der Waals surface area (Å²) in [5.41, 5.74) is 2.98. The second kappa shape index (κ2) is 5.57. The molecule has 0 bridgehead atoms. The normalized spacial score (nSPS) is 23.2. The Balaban J connectivity index is 2.20. The lowest BCUT2D eigenvalue weighted by atomic mass is 9.74. The van der Waals surface area contributed by atoms with Crippen LogP contribution in [0, 0.1) is 5.92 Å². The summed E-state index contributed by atoms with van der Waals surface area (Å²) in [6, 6.07) is 6.52. The lowest BCUT2D eigenvalue weighted by Gasteiger charge is -2.32. The molecule has 2 unspecified atom stereocenters. The van der Waals surface area contributed by atoms with Gasteiger partial charge in [0.1, 0.15) is 5.75 Å². The molecule has 17 heavy (non-hydrogen) atoms. The Morgan fingerprint density at radius 2 is 2.18 bits per heavy atom. The van der Waals surface area contributed by atoms with Gasteiger partial charge in [0.2, 0.25) is 0 Å². The zero-order valence-corrected chi connectivity index (χ0v) is 11.3. The molecular formula is C16H24O. The van der Waals surface area contributed by atoms with Crippen LogP contribution in [-0.4, -0.2) is 7.11 Å². The molecule has 0 spiro atoms. The Bertz CT molecular complexity index is 370. The fraction of sp³-hybridized carbons (Fsp3) is 0.625. The van der Waals surface area contributed by atoms with Crippen molar-refractivity contribution in [2.24, 2.45) is 5.92 Å². The van der Waals surface area contributed by atoms with E-state index in [-0.39, 0.29) is 0 Å². The molecule has 0 saturated carbocycles. The largest absolute Gasteiger partial charge is 0.496 e. The highest BCUT2D eigenvalue weighted by molar-refractivity contribution is 5.43. The summed E-state index contributed by atoms with van der Waals surface area (Å²) in [5.74, 6) is 2.65. The van der Waals surface area contributed by atoms with Gasteiger partial charge in [-0.1, -0.05) is 38.8 Å². The van der Waals surface area contributed by atoms with Crippen molar-refractivity contribution >= 4 is 0 Å². The van der Waals surface area contributed by atoms with Gasteiger partial charge in [-0.25, -0.2) is 0 Å². The molecule has 94 valence electrons. The quantitative estimate of drug-likeness (QED) is 0.740. The van der Waals surface area contributed by atoms with Crippen LogP contribution in [0.3, 0.4) is 0 Å². The molecule has 0 N–H and O–H groups in total. The van der Waals surface area contributed by atoms with Crippen molar-refractivity contribution in [3.05, 3.63) is 29.3 Å². The third-order valence-corrected chi connectivity index (χ3v) is 4.28. The standard InChI is InChI=1S/C16H24O/c1-4-5-7-13-10-11-15-14(12(13)2)8-6-9-16(15)17-3/h6,8-9,12-13H,4-5,7,10-11H2,1-3H3. The number of fused-ring (bicyclic) bond motifs is 1. The second-order valence-corrected chi connectivity index (χ2v) is 5.26. The van der Waals surface area contributed by atoms with E-state index >= 15 is 0 Å². The average molecular weight is 232 g/mol. The lowest BCUT2D eigenvalue weighted by Crippen LogP contribution is -2.19. The predicted octanol–water partition coefficient (Wildman–Crippen LogP) is 4.55. The lowest BCUT2D eigenvalue weighted by molar-refractivity contribution is 0.344. The van der Waals surface area contributed by atoms with Crippen molar-refractivity contribution in [2.75, 3.05) is 7.11 Å². The van der Waals surface area contributed by atoms with E-state index in [1.807, 2.05) is 0 Å². The Morgan fingerprint density at radius 3 is 2.88 bits per heavy atom. The zero-order valence-electron chi connectivity index (χ0n) is 11.3. The molecule has 1 aromatic rings. The molecule has 1 aromatic carbocycles. The van der Waals surface area contributed by atoms with E-state index < -0.39 is 0 Å². The van der Waals surface area contributed by atoms with Crippen molar-refractivity contribution in [1.82, 2.24) is 0 Å². The van der Waals surface area contributed by atoms with Gasteiger partial charge in [-0.3, -0.25) is 0 Å². The van der Waals surface area contributed by atoms with Gasteiger partial charge in [0.05, 0.1) is 7.11 Å². The highest BCUT2D eigenvalue weighted by atomic mass is 16.5. The molecule has 0 aromatic heterocycles. The van der Waals surface area contributed by atoms with Crippen LogP contribution in [-0.2, 0) is 6.42 Å². The van der Waals surface area contributed by atoms with Gasteiger partial charge >= 0.3 is 0 Å². The first-order valence-electron chi connectivity index (χ1n) is 6.93. The van der Waals surface area contributed by atoms with E-state index in [1.54, 1.807) is 7.11 Å². The Labute approximate surface area is 105 Å². The van der Waals surface area contributed by atoms with Gasteiger partial charge < -0.3 is 4.74 Å². The first kappa shape index (κ1) is 12.5. The number of methoxy groups -OCH3 is 1. The fourth-order valence-electron chi connectivity index (χ4n) is 3.16. The van der Waals surface area contributed by atoms with Gasteiger partial charge in [-0.2, -0.15) is 0 Å². The monoisotopic (exact) mass is 232 g/mol. The van der Waals surface area contributed by atoms with Crippen LogP contribution in [0.1, 0.15) is 56.6 Å². The minimum absolute atomic E-state index is 0.695. The smallest absolute Gasteiger partial charge is 0.122 e. The van der Waals surface area contributed by atoms with Crippen molar-refractivity contribution in [3.63, 3.8) is 0 Å². The minimum Gasteiger partial charge on any atom is -0.496 e. The zero-order chi connectivity index (χ0) is 12.3. The first-order valence-corrected chi connectivity index (χ1v) is 6.93. The van der Waals surface area contributed by atoms with Crippen LogP contribution in [0.4, 0.5) is 0 Å². The molecule has 0 aliphatic heterocycles. The molecule has 2 atom stereocenters. The molecular weight excluding hydrogens is 208 g/mol. The number of hydrogen-bond acceptors (Lipinski definition) is 1. The molecule has 0 heterocycles. The van der Waals surface area contributed by atoms with Crippen LogP contribution in [0.5, 0.6) is 5.75 Å². The van der Waals surface area contributed by atoms with Gasteiger partial charge in [-0.05, 0) is 48.3 Å². The summed E-state index contributed by atoms with van der Waals surface area (Å²) in [4.78, 5) is 0. The molecule has 0 fully saturated rings. The molecule has 0 amide bonds. The van der Waals surface area contributed by atoms with E-state index in [2.05, 4.69) is 32.0 Å². The maximum Gasteiger partial charge on any atom is 0.122 e. The molecule has 2 rings (SSSR count). The maximum absolute atomic E-state index is 5.48. The maximum atomic E-state index is 5.48. The average Bonchev–Trinajstić information content (AvgIpc) is 2.37. The van der Waals surface area contributed by atoms with E-state index in [9.17, 15) is 0 Å². The first-order chi connectivity index (χ1) is 8.27. The summed E-state index contributed by atoms with van der Waals surface area (Å²) >= 11 is 0. The van der Waals surface area contributed by atoms with Crippen molar-refractivity contribution in [3.8, 4) is 5.75 Å². The number of hydrogen-bond donors (Lipinski definition) is 0. The van der Waals surface area contributed by atoms with E-state index in [0.717, 1.165) is 11.7 Å². The second-order valence-electron chi connectivity index (χ2n) is 5.26. The van der Waals surface area contributed by atoms with Crippen LogP contribution < -0.4 is 4.74 Å². The Hall–Kier alpha value is -0.980. The van der Waals surface area contributed by atoms with Crippen LogP contribution in [0.2, 0.25) is 0 Å². The van der Waals surface area contributed by atoms with E-state index in [0.29, 0.717) is 5.92 Å². The van der Waals surface area contributed by atoms with Gasteiger partial charge in [0, 0.05) is 0 Å². The topological polar surface area (TPSA) is 9.23 Å². The summed E-state index contributed by atoms with van der Waals surface area (Å²) in [5, 5.41) is 0. The molecule has 1 aliphatic carbocycles. The fourth-order valence-corrected chi connectivity index (χ4v) is 3.16. The van der Waals surface area contributed by atoms with Gasteiger partial charge in [-0.15, -0.1) is 0 Å². The molecule has 0 radical (unpaired) electrons. The Morgan fingerprint density at radius 1 is 1.35 bits per heavy atom. The molecule has 0 saturated heterocycles. The summed E-state index contributed by atoms with van der Waals surface area (Å²) in [6.45, 7) is 4.67. The third-order valence-electron chi connectivity index (χ3n) is 4.28. The number of ether oxygens (including phenoxy) is 1. The highest BCUT2D eigenvalue weighted by Gasteiger charge is 2.27. The number of unbranched alkanes of at least 4 members (excludes halogenated alkanes) is 1. The van der Waals surface area contributed by atoms with Gasteiger partial charge in [0.25, 0.3) is 0 Å². The number of benzene rings is 1. The third kappa shape index (κ3) is 2.48. The van der Waals surface area contributed by atoms with Crippen molar-refractivity contribution in [2.45, 2.75) is 51.9 Å². The van der Waals surface area contributed by atoms with Crippen LogP contribution >= 0.6 is 0 Å². The van der Waals surface area contributed by atoms with E-state index in [4.69, 9.17) is 4.74 Å². The van der Waals surface area contributed by atoms with Crippen LogP contribution in [0.25, 0.3) is 0 Å². The van der Waals surface area contributed by atoms with E-state index in [1.165, 1.54) is 43.2 Å². The highest BCUT2D eigenvalue weighted by Crippen LogP contribution is 2.41. The predicted molar refractivity (Wildman–Crippen MR) is 72.7 cm³/mol. The summed E-state index contributed by atoms with van der Waals surface area (Å²) < 4.78 is 5.48. The molecule has 1 nitrogen and oxygen atoms in total. The summed E-state index contributed by atoms with van der Waals surface area (Å²) in [6.07, 6.45) is 6.59. The molecule has 1 heteroatoms. The molecule has 1 aliphatic rings. The Kier molecular flexibility index (Phi) is 4.09. The van der Waals surface area contributed by atoms with Crippen molar-refractivity contribution in [1.29, 1.82) is 0 Å². The SMILES string of the molecule is CCCCC1CCc2c(OC)cccc2C1C. The number of rotatable bonds is 4. The van der Waals surface area contributed by atoms with Gasteiger partial charge in [0.15, 0.2) is 0 Å². The van der Waals surface area contributed by atoms with Crippen LogP contribution in [0.15, 0.2) is 18.2 Å². The van der Waals surface area contributed by atoms with Crippen molar-refractivity contribution < 1.29 is 4.74 Å².